The summed E-state index contributed by atoms with van der Waals surface area (Å²) in [7, 11) is 1.69. The molecule has 0 radical (unpaired) electrons. The number of benzene rings is 2. The molecule has 2 rings (SSSR count). The van der Waals surface area contributed by atoms with Crippen LogP contribution >= 0.6 is 0 Å². The van der Waals surface area contributed by atoms with Crippen LogP contribution in [0.15, 0.2) is 48.5 Å². The molecule has 0 bridgehead atoms. The predicted molar refractivity (Wildman–Crippen MR) is 95.1 cm³/mol. The van der Waals surface area contributed by atoms with E-state index in [4.69, 9.17) is 9.47 Å². The van der Waals surface area contributed by atoms with Crippen LogP contribution in [0.5, 0.6) is 11.5 Å². The van der Waals surface area contributed by atoms with Gasteiger partial charge in [-0.15, -0.1) is 0 Å². The van der Waals surface area contributed by atoms with Crippen molar-refractivity contribution in [3.63, 3.8) is 0 Å². The fraction of sp³-hybridized carbons (Fsp3) is 0.400. The highest BCUT2D eigenvalue weighted by Gasteiger charge is 2.12. The van der Waals surface area contributed by atoms with E-state index in [1.807, 2.05) is 24.3 Å². The van der Waals surface area contributed by atoms with E-state index in [1.54, 1.807) is 7.11 Å². The Morgan fingerprint density at radius 3 is 2.43 bits per heavy atom. The van der Waals surface area contributed by atoms with E-state index in [-0.39, 0.29) is 0 Å². The van der Waals surface area contributed by atoms with Gasteiger partial charge in [0, 0.05) is 6.04 Å². The summed E-state index contributed by atoms with van der Waals surface area (Å²) in [6.45, 7) is 5.94. The number of methoxy groups -OCH3 is 1. The second kappa shape index (κ2) is 9.21. The lowest BCUT2D eigenvalue weighted by Crippen LogP contribution is -2.21. The van der Waals surface area contributed by atoms with Gasteiger partial charge < -0.3 is 14.8 Å². The third-order valence-electron chi connectivity index (χ3n) is 3.88. The van der Waals surface area contributed by atoms with Crippen molar-refractivity contribution < 1.29 is 9.47 Å². The monoisotopic (exact) mass is 313 g/mol. The standard InChI is InChI=1S/C20H27NO2/c1-4-13-21-18(5-2)17-11-12-19(20(14-17)22-3)23-15-16-9-7-6-8-10-16/h6-12,14,18,21H,4-5,13,15H2,1-3H3. The molecule has 0 heterocycles. The van der Waals surface area contributed by atoms with Gasteiger partial charge in [-0.25, -0.2) is 0 Å². The fourth-order valence-corrected chi connectivity index (χ4v) is 2.57. The topological polar surface area (TPSA) is 30.5 Å². The van der Waals surface area contributed by atoms with Gasteiger partial charge in [-0.05, 0) is 42.6 Å². The van der Waals surface area contributed by atoms with Crippen molar-refractivity contribution in [2.24, 2.45) is 0 Å². The Bertz CT molecular complexity index is 583. The maximum Gasteiger partial charge on any atom is 0.161 e. The van der Waals surface area contributed by atoms with E-state index < -0.39 is 0 Å². The molecule has 23 heavy (non-hydrogen) atoms. The van der Waals surface area contributed by atoms with Gasteiger partial charge in [-0.3, -0.25) is 0 Å². The van der Waals surface area contributed by atoms with Crippen LogP contribution in [0.25, 0.3) is 0 Å². The fourth-order valence-electron chi connectivity index (χ4n) is 2.57. The quantitative estimate of drug-likeness (QED) is 0.726. The van der Waals surface area contributed by atoms with Gasteiger partial charge in [0.1, 0.15) is 6.61 Å². The molecule has 0 saturated carbocycles. The normalized spacial score (nSPS) is 12.0. The summed E-state index contributed by atoms with van der Waals surface area (Å²) >= 11 is 0. The van der Waals surface area contributed by atoms with Gasteiger partial charge in [0.15, 0.2) is 11.5 Å². The highest BCUT2D eigenvalue weighted by Crippen LogP contribution is 2.31. The summed E-state index contributed by atoms with van der Waals surface area (Å²) in [5.41, 5.74) is 2.39. The Morgan fingerprint density at radius 2 is 1.78 bits per heavy atom. The van der Waals surface area contributed by atoms with E-state index in [9.17, 15) is 0 Å². The summed E-state index contributed by atoms with van der Waals surface area (Å²) in [5.74, 6) is 1.57. The number of hydrogen-bond donors (Lipinski definition) is 1. The molecule has 0 fully saturated rings. The molecule has 1 unspecified atom stereocenters. The summed E-state index contributed by atoms with van der Waals surface area (Å²) in [6.07, 6.45) is 2.18. The number of hydrogen-bond acceptors (Lipinski definition) is 3. The third kappa shape index (κ3) is 5.00. The average molecular weight is 313 g/mol. The number of nitrogens with one attached hydrogen (secondary N) is 1. The zero-order chi connectivity index (χ0) is 16.5. The smallest absolute Gasteiger partial charge is 0.161 e. The molecule has 2 aromatic rings. The van der Waals surface area contributed by atoms with E-state index in [0.29, 0.717) is 12.6 Å². The van der Waals surface area contributed by atoms with Crippen molar-refractivity contribution in [3.05, 3.63) is 59.7 Å². The zero-order valence-electron chi connectivity index (χ0n) is 14.3. The predicted octanol–water partition coefficient (Wildman–Crippen LogP) is 4.72. The molecule has 2 aromatic carbocycles. The first kappa shape index (κ1) is 17.4. The molecule has 3 heteroatoms. The first-order valence-corrected chi connectivity index (χ1v) is 8.36. The minimum atomic E-state index is 0.354. The van der Waals surface area contributed by atoms with Crippen molar-refractivity contribution >= 4 is 0 Å². The molecule has 124 valence electrons. The van der Waals surface area contributed by atoms with E-state index in [0.717, 1.165) is 36.4 Å². The molecular formula is C20H27NO2. The number of ether oxygens (including phenoxy) is 2. The Labute approximate surface area is 139 Å². The lowest BCUT2D eigenvalue weighted by Gasteiger charge is -2.19. The lowest BCUT2D eigenvalue weighted by atomic mass is 10.0. The third-order valence-corrected chi connectivity index (χ3v) is 3.88. The molecule has 0 aromatic heterocycles. The minimum Gasteiger partial charge on any atom is -0.493 e. The summed E-state index contributed by atoms with van der Waals surface area (Å²) in [6, 6.07) is 16.7. The van der Waals surface area contributed by atoms with Gasteiger partial charge in [0.2, 0.25) is 0 Å². The number of rotatable bonds is 9. The van der Waals surface area contributed by atoms with Crippen LogP contribution in [0.4, 0.5) is 0 Å². The van der Waals surface area contributed by atoms with Crippen molar-refractivity contribution in [1.82, 2.24) is 5.32 Å². The Hall–Kier alpha value is -2.00. The lowest BCUT2D eigenvalue weighted by molar-refractivity contribution is 0.284. The van der Waals surface area contributed by atoms with Gasteiger partial charge in [0.05, 0.1) is 7.11 Å². The highest BCUT2D eigenvalue weighted by molar-refractivity contribution is 5.44. The molecule has 1 atom stereocenters. The molecule has 0 aliphatic rings. The maximum absolute atomic E-state index is 5.92. The van der Waals surface area contributed by atoms with Crippen LogP contribution in [0, 0.1) is 0 Å². The van der Waals surface area contributed by atoms with Crippen LogP contribution in [-0.2, 0) is 6.61 Å². The van der Waals surface area contributed by atoms with E-state index >= 15 is 0 Å². The zero-order valence-corrected chi connectivity index (χ0v) is 14.3. The molecule has 3 nitrogen and oxygen atoms in total. The molecule has 0 saturated heterocycles. The van der Waals surface area contributed by atoms with Crippen molar-refractivity contribution in [2.45, 2.75) is 39.3 Å². The average Bonchev–Trinajstić information content (AvgIpc) is 2.61. The second-order valence-corrected chi connectivity index (χ2v) is 5.60. The Morgan fingerprint density at radius 1 is 1.00 bits per heavy atom. The SMILES string of the molecule is CCCNC(CC)c1ccc(OCc2ccccc2)c(OC)c1. The maximum atomic E-state index is 5.92. The van der Waals surface area contributed by atoms with Crippen LogP contribution in [0.2, 0.25) is 0 Å². The van der Waals surface area contributed by atoms with E-state index in [2.05, 4.69) is 43.4 Å². The van der Waals surface area contributed by atoms with Gasteiger partial charge in [-0.1, -0.05) is 50.2 Å². The molecule has 0 aliphatic carbocycles. The van der Waals surface area contributed by atoms with Crippen LogP contribution in [-0.4, -0.2) is 13.7 Å². The van der Waals surface area contributed by atoms with Crippen LogP contribution in [0.3, 0.4) is 0 Å². The molecule has 0 aliphatic heterocycles. The Kier molecular flexibility index (Phi) is 6.95. The van der Waals surface area contributed by atoms with Gasteiger partial charge in [0.25, 0.3) is 0 Å². The van der Waals surface area contributed by atoms with Crippen LogP contribution < -0.4 is 14.8 Å². The summed E-state index contributed by atoms with van der Waals surface area (Å²) in [5, 5.41) is 3.57. The largest absolute Gasteiger partial charge is 0.493 e. The summed E-state index contributed by atoms with van der Waals surface area (Å²) < 4.78 is 11.4. The highest BCUT2D eigenvalue weighted by atomic mass is 16.5. The van der Waals surface area contributed by atoms with Crippen molar-refractivity contribution in [1.29, 1.82) is 0 Å². The molecule has 1 N–H and O–H groups in total. The van der Waals surface area contributed by atoms with Crippen molar-refractivity contribution in [2.75, 3.05) is 13.7 Å². The molecular weight excluding hydrogens is 286 g/mol. The minimum absolute atomic E-state index is 0.354. The first-order valence-electron chi connectivity index (χ1n) is 8.36. The summed E-state index contributed by atoms with van der Waals surface area (Å²) in [4.78, 5) is 0. The second-order valence-electron chi connectivity index (χ2n) is 5.60. The molecule has 0 spiro atoms. The van der Waals surface area contributed by atoms with Gasteiger partial charge >= 0.3 is 0 Å². The van der Waals surface area contributed by atoms with Gasteiger partial charge in [-0.2, -0.15) is 0 Å². The molecule has 0 amide bonds. The Balaban J connectivity index is 2.09. The van der Waals surface area contributed by atoms with Crippen LogP contribution in [0.1, 0.15) is 43.9 Å². The van der Waals surface area contributed by atoms with Crippen molar-refractivity contribution in [3.8, 4) is 11.5 Å². The van der Waals surface area contributed by atoms with E-state index in [1.165, 1.54) is 5.56 Å². The first-order chi connectivity index (χ1) is 11.3.